The minimum Gasteiger partial charge on any atom is -0.462 e. The fourth-order valence-corrected chi connectivity index (χ4v) is 2.60. The number of thiocarbonyl (C=S) groups is 1. The van der Waals surface area contributed by atoms with Gasteiger partial charge < -0.3 is 4.74 Å². The molecule has 0 unspecified atom stereocenters. The number of aryl methyl sites for hydroxylation is 1. The van der Waals surface area contributed by atoms with Gasteiger partial charge in [-0.15, -0.1) is 0 Å². The van der Waals surface area contributed by atoms with Crippen LogP contribution in [0.15, 0.2) is 48.5 Å². The van der Waals surface area contributed by atoms with Crippen LogP contribution in [-0.4, -0.2) is 23.7 Å². The second kappa shape index (κ2) is 8.34. The Morgan fingerprint density at radius 1 is 1.04 bits per heavy atom. The maximum absolute atomic E-state index is 12.5. The minimum absolute atomic E-state index is 0.0761. The van der Waals surface area contributed by atoms with E-state index in [-0.39, 0.29) is 12.4 Å². The van der Waals surface area contributed by atoms with Gasteiger partial charge in [-0.05, 0) is 30.5 Å². The fourth-order valence-electron chi connectivity index (χ4n) is 2.37. The number of Topliss-reactive ketones (excluding diaryl/α,β-unsaturated/α-hetero) is 1. The number of ether oxygens (including phenoxy) is 1. The molecule has 0 aliphatic rings. The number of esters is 1. The van der Waals surface area contributed by atoms with E-state index in [0.717, 1.165) is 11.1 Å². The van der Waals surface area contributed by atoms with Crippen molar-refractivity contribution in [2.24, 2.45) is 0 Å². The van der Waals surface area contributed by atoms with E-state index in [4.69, 9.17) is 17.0 Å². The first-order valence-electron chi connectivity index (χ1n) is 7.49. The average Bonchev–Trinajstić information content (AvgIpc) is 2.60. The molecule has 0 bridgehead atoms. The van der Waals surface area contributed by atoms with Gasteiger partial charge in [0.2, 0.25) is 0 Å². The van der Waals surface area contributed by atoms with Gasteiger partial charge >= 0.3 is 5.97 Å². The summed E-state index contributed by atoms with van der Waals surface area (Å²) in [7, 11) is 0. The third kappa shape index (κ3) is 4.33. The summed E-state index contributed by atoms with van der Waals surface area (Å²) in [4.78, 5) is 24.5. The van der Waals surface area contributed by atoms with Crippen molar-refractivity contribution < 1.29 is 14.3 Å². The summed E-state index contributed by atoms with van der Waals surface area (Å²) >= 11 is 4.99. The zero-order valence-electron chi connectivity index (χ0n) is 13.0. The van der Waals surface area contributed by atoms with Crippen molar-refractivity contribution in [3.63, 3.8) is 0 Å². The van der Waals surface area contributed by atoms with Gasteiger partial charge in [0.25, 0.3) is 0 Å². The molecule has 4 heteroatoms. The zero-order chi connectivity index (χ0) is 16.7. The summed E-state index contributed by atoms with van der Waals surface area (Å²) < 4.78 is 5.01. The van der Waals surface area contributed by atoms with Gasteiger partial charge in [-0.2, -0.15) is 0 Å². The highest BCUT2D eigenvalue weighted by Crippen LogP contribution is 2.16. The smallest absolute Gasteiger partial charge is 0.338 e. The molecule has 118 valence electrons. The molecule has 3 nitrogen and oxygen atoms in total. The molecule has 0 amide bonds. The molecule has 23 heavy (non-hydrogen) atoms. The molecular formula is C19H18O3S. The molecule has 0 saturated carbocycles. The molecule has 0 aliphatic carbocycles. The molecule has 0 saturated heterocycles. The Labute approximate surface area is 141 Å². The highest BCUT2D eigenvalue weighted by atomic mass is 32.1. The number of carbonyl (C=O) groups is 2. The minimum atomic E-state index is -0.462. The number of benzene rings is 2. The lowest BCUT2D eigenvalue weighted by Gasteiger charge is -2.09. The Morgan fingerprint density at radius 2 is 1.70 bits per heavy atom. The SMILES string of the molecule is CCOC(=O)c1ccccc1C(=O)CCc1ccccc1C=S. The second-order valence-electron chi connectivity index (χ2n) is 5.01. The molecule has 0 aromatic heterocycles. The van der Waals surface area contributed by atoms with E-state index < -0.39 is 5.97 Å². The Bertz CT molecular complexity index is 722. The van der Waals surface area contributed by atoms with E-state index in [0.29, 0.717) is 24.0 Å². The van der Waals surface area contributed by atoms with Crippen molar-refractivity contribution in [1.82, 2.24) is 0 Å². The molecule has 0 radical (unpaired) electrons. The summed E-state index contributed by atoms with van der Waals surface area (Å²) in [5, 5.41) is 1.62. The van der Waals surface area contributed by atoms with Gasteiger partial charge in [-0.3, -0.25) is 4.79 Å². The van der Waals surface area contributed by atoms with Gasteiger partial charge in [-0.25, -0.2) is 4.79 Å². The summed E-state index contributed by atoms with van der Waals surface area (Å²) in [5.41, 5.74) is 2.71. The summed E-state index contributed by atoms with van der Waals surface area (Å²) in [6.45, 7) is 2.02. The third-order valence-electron chi connectivity index (χ3n) is 3.53. The lowest BCUT2D eigenvalue weighted by Crippen LogP contribution is -2.12. The number of hydrogen-bond acceptors (Lipinski definition) is 4. The van der Waals surface area contributed by atoms with Crippen LogP contribution in [0.2, 0.25) is 0 Å². The van der Waals surface area contributed by atoms with E-state index in [2.05, 4.69) is 0 Å². The Kier molecular flexibility index (Phi) is 6.18. The van der Waals surface area contributed by atoms with Gasteiger partial charge in [0.15, 0.2) is 5.78 Å². The van der Waals surface area contributed by atoms with Gasteiger partial charge in [0.1, 0.15) is 0 Å². The van der Waals surface area contributed by atoms with E-state index in [9.17, 15) is 9.59 Å². The zero-order valence-corrected chi connectivity index (χ0v) is 13.8. The van der Waals surface area contributed by atoms with Crippen LogP contribution in [0.4, 0.5) is 0 Å². The Hall–Kier alpha value is -2.33. The Morgan fingerprint density at radius 3 is 2.39 bits per heavy atom. The highest BCUT2D eigenvalue weighted by Gasteiger charge is 2.17. The topological polar surface area (TPSA) is 43.4 Å². The van der Waals surface area contributed by atoms with Gasteiger partial charge in [0.05, 0.1) is 12.2 Å². The molecule has 0 N–H and O–H groups in total. The van der Waals surface area contributed by atoms with E-state index in [1.165, 1.54) is 0 Å². The molecule has 0 aliphatic heterocycles. The first-order chi connectivity index (χ1) is 11.2. The monoisotopic (exact) mass is 326 g/mol. The molecule has 0 spiro atoms. The van der Waals surface area contributed by atoms with Crippen molar-refractivity contribution in [3.05, 3.63) is 70.8 Å². The lowest BCUT2D eigenvalue weighted by atomic mass is 9.97. The standard InChI is InChI=1S/C19H18O3S/c1-2-22-19(21)17-10-6-5-9-16(17)18(20)12-11-14-7-3-4-8-15(14)13-23/h3-10,13H,2,11-12H2,1H3. The van der Waals surface area contributed by atoms with Crippen molar-refractivity contribution in [2.45, 2.75) is 19.8 Å². The van der Waals surface area contributed by atoms with Crippen LogP contribution in [-0.2, 0) is 11.2 Å². The normalized spacial score (nSPS) is 10.1. The van der Waals surface area contributed by atoms with Crippen LogP contribution < -0.4 is 0 Å². The molecule has 2 aromatic carbocycles. The number of rotatable bonds is 7. The molecule has 0 heterocycles. The first kappa shape index (κ1) is 17.0. The van der Waals surface area contributed by atoms with Crippen molar-refractivity contribution in [1.29, 1.82) is 0 Å². The first-order valence-corrected chi connectivity index (χ1v) is 7.97. The van der Waals surface area contributed by atoms with E-state index in [1.54, 1.807) is 36.6 Å². The third-order valence-corrected chi connectivity index (χ3v) is 3.78. The highest BCUT2D eigenvalue weighted by molar-refractivity contribution is 7.79. The average molecular weight is 326 g/mol. The van der Waals surface area contributed by atoms with Crippen LogP contribution in [0.5, 0.6) is 0 Å². The number of carbonyl (C=O) groups excluding carboxylic acids is 2. The summed E-state index contributed by atoms with van der Waals surface area (Å²) in [6, 6.07) is 14.5. The van der Waals surface area contributed by atoms with Crippen LogP contribution in [0, 0.1) is 0 Å². The fraction of sp³-hybridized carbons (Fsp3) is 0.211. The van der Waals surface area contributed by atoms with Crippen LogP contribution in [0.3, 0.4) is 0 Å². The second-order valence-corrected chi connectivity index (χ2v) is 5.24. The number of ketones is 1. The van der Waals surface area contributed by atoms with Gasteiger partial charge in [-0.1, -0.05) is 54.7 Å². The van der Waals surface area contributed by atoms with E-state index in [1.807, 2.05) is 24.3 Å². The van der Waals surface area contributed by atoms with E-state index >= 15 is 0 Å². The maximum Gasteiger partial charge on any atom is 0.338 e. The predicted molar refractivity (Wildman–Crippen MR) is 94.2 cm³/mol. The molecular weight excluding hydrogens is 308 g/mol. The number of hydrogen-bond donors (Lipinski definition) is 0. The van der Waals surface area contributed by atoms with Crippen LogP contribution in [0.25, 0.3) is 0 Å². The largest absolute Gasteiger partial charge is 0.462 e. The molecule has 0 atom stereocenters. The Balaban J connectivity index is 2.15. The molecule has 2 rings (SSSR count). The molecule has 0 fully saturated rings. The van der Waals surface area contributed by atoms with Crippen molar-refractivity contribution in [2.75, 3.05) is 6.61 Å². The summed E-state index contributed by atoms with van der Waals surface area (Å²) in [6.07, 6.45) is 0.899. The van der Waals surface area contributed by atoms with Crippen molar-refractivity contribution in [3.8, 4) is 0 Å². The predicted octanol–water partition coefficient (Wildman–Crippen LogP) is 4.03. The quantitative estimate of drug-likeness (QED) is 0.438. The van der Waals surface area contributed by atoms with Crippen LogP contribution in [0.1, 0.15) is 45.2 Å². The van der Waals surface area contributed by atoms with Crippen molar-refractivity contribution >= 4 is 29.3 Å². The van der Waals surface area contributed by atoms with Gasteiger partial charge in [0, 0.05) is 17.4 Å². The summed E-state index contributed by atoms with van der Waals surface area (Å²) in [5.74, 6) is -0.538. The molecule has 2 aromatic rings. The maximum atomic E-state index is 12.5. The lowest BCUT2D eigenvalue weighted by molar-refractivity contribution is 0.0523. The van der Waals surface area contributed by atoms with Crippen LogP contribution >= 0.6 is 12.2 Å².